The number of carbonyl (C=O) groups excluding carboxylic acids is 1. The molecule has 0 spiro atoms. The third-order valence-corrected chi connectivity index (χ3v) is 2.51. The van der Waals surface area contributed by atoms with Crippen LogP contribution in [0.4, 0.5) is 13.2 Å². The number of nitrogens with two attached hydrogens (primary N) is 1. The molecule has 0 aliphatic carbocycles. The molecule has 5 nitrogen and oxygen atoms in total. The minimum atomic E-state index is -4.45. The van der Waals surface area contributed by atoms with E-state index in [2.05, 4.69) is 4.98 Å². The number of benzene rings is 1. The fourth-order valence-corrected chi connectivity index (χ4v) is 1.51. The zero-order valence-corrected chi connectivity index (χ0v) is 10.5. The van der Waals surface area contributed by atoms with Crippen LogP contribution in [0.3, 0.4) is 0 Å². The van der Waals surface area contributed by atoms with E-state index in [9.17, 15) is 18.0 Å². The van der Waals surface area contributed by atoms with Crippen molar-refractivity contribution in [1.82, 2.24) is 10.4 Å². The lowest BCUT2D eigenvalue weighted by atomic mass is 10.2. The number of nitrogens with zero attached hydrogens (tertiary/aromatic N) is 1. The fraction of sp³-hybridized carbons (Fsp3) is 0.0769. The summed E-state index contributed by atoms with van der Waals surface area (Å²) in [6.07, 6.45) is -3.25. The number of ether oxygens (including phenoxy) is 1. The van der Waals surface area contributed by atoms with Crippen molar-refractivity contribution in [3.05, 3.63) is 53.7 Å². The molecule has 0 radical (unpaired) electrons. The van der Waals surface area contributed by atoms with Crippen LogP contribution in [0.2, 0.25) is 0 Å². The molecule has 8 heteroatoms. The third kappa shape index (κ3) is 3.69. The van der Waals surface area contributed by atoms with Gasteiger partial charge < -0.3 is 4.74 Å². The van der Waals surface area contributed by atoms with Gasteiger partial charge in [-0.2, -0.15) is 13.2 Å². The second-order valence-corrected chi connectivity index (χ2v) is 3.99. The number of halogens is 3. The smallest absolute Gasteiger partial charge is 0.416 e. The molecule has 110 valence electrons. The number of nitrogen functional groups attached to an aromatic ring is 1. The lowest BCUT2D eigenvalue weighted by Gasteiger charge is -2.09. The number of hydrogen-bond acceptors (Lipinski definition) is 4. The first kappa shape index (κ1) is 14.8. The van der Waals surface area contributed by atoms with Gasteiger partial charge in [0.1, 0.15) is 5.75 Å². The SMILES string of the molecule is NNC(=O)c1ccc(Oc2cccc(C(F)(F)F)c2)nc1. The van der Waals surface area contributed by atoms with Crippen molar-refractivity contribution >= 4 is 5.91 Å². The summed E-state index contributed by atoms with van der Waals surface area (Å²) >= 11 is 0. The Morgan fingerprint density at radius 3 is 2.57 bits per heavy atom. The van der Waals surface area contributed by atoms with Gasteiger partial charge in [-0.15, -0.1) is 0 Å². The highest BCUT2D eigenvalue weighted by atomic mass is 19.4. The van der Waals surface area contributed by atoms with Crippen molar-refractivity contribution in [3.63, 3.8) is 0 Å². The number of aromatic nitrogens is 1. The fourth-order valence-electron chi connectivity index (χ4n) is 1.51. The van der Waals surface area contributed by atoms with Crippen LogP contribution >= 0.6 is 0 Å². The number of alkyl halides is 3. The maximum atomic E-state index is 12.6. The summed E-state index contributed by atoms with van der Waals surface area (Å²) in [4.78, 5) is 15.0. The third-order valence-electron chi connectivity index (χ3n) is 2.51. The largest absolute Gasteiger partial charge is 0.439 e. The van der Waals surface area contributed by atoms with E-state index in [1.807, 2.05) is 5.43 Å². The maximum Gasteiger partial charge on any atom is 0.416 e. The van der Waals surface area contributed by atoms with Crippen molar-refractivity contribution < 1.29 is 22.7 Å². The predicted molar refractivity (Wildman–Crippen MR) is 67.4 cm³/mol. The molecular weight excluding hydrogens is 287 g/mol. The Labute approximate surface area is 117 Å². The second-order valence-electron chi connectivity index (χ2n) is 3.99. The molecule has 0 unspecified atom stereocenters. The van der Waals surface area contributed by atoms with Gasteiger partial charge in [-0.3, -0.25) is 10.2 Å². The molecule has 0 aliphatic rings. The number of hydrogen-bond donors (Lipinski definition) is 2. The molecule has 21 heavy (non-hydrogen) atoms. The minimum absolute atomic E-state index is 0.00616. The zero-order chi connectivity index (χ0) is 15.5. The van der Waals surface area contributed by atoms with E-state index in [1.165, 1.54) is 30.5 Å². The number of hydrazine groups is 1. The molecule has 1 aromatic heterocycles. The summed E-state index contributed by atoms with van der Waals surface area (Å²) in [5.41, 5.74) is 1.31. The van der Waals surface area contributed by atoms with Crippen LogP contribution in [0, 0.1) is 0 Å². The highest BCUT2D eigenvalue weighted by molar-refractivity contribution is 5.93. The van der Waals surface area contributed by atoms with Gasteiger partial charge in [0.15, 0.2) is 0 Å². The number of rotatable bonds is 3. The summed E-state index contributed by atoms with van der Waals surface area (Å²) in [7, 11) is 0. The standard InChI is InChI=1S/C13H10F3N3O2/c14-13(15,16)9-2-1-3-10(6-9)21-11-5-4-8(7-18-11)12(20)19-17/h1-7H,17H2,(H,19,20). The molecule has 0 saturated heterocycles. The van der Waals surface area contributed by atoms with E-state index < -0.39 is 17.6 Å². The van der Waals surface area contributed by atoms with Gasteiger partial charge in [0.25, 0.3) is 5.91 Å². The Morgan fingerprint density at radius 1 is 1.24 bits per heavy atom. The van der Waals surface area contributed by atoms with Crippen LogP contribution in [-0.4, -0.2) is 10.9 Å². The first-order valence-electron chi connectivity index (χ1n) is 5.72. The average Bonchev–Trinajstić information content (AvgIpc) is 2.47. The van der Waals surface area contributed by atoms with E-state index in [0.29, 0.717) is 0 Å². The molecule has 1 amide bonds. The van der Waals surface area contributed by atoms with Crippen molar-refractivity contribution in [1.29, 1.82) is 0 Å². The van der Waals surface area contributed by atoms with Gasteiger partial charge in [-0.25, -0.2) is 10.8 Å². The van der Waals surface area contributed by atoms with Crippen LogP contribution in [0.1, 0.15) is 15.9 Å². The Kier molecular flexibility index (Phi) is 4.08. The molecule has 0 saturated carbocycles. The highest BCUT2D eigenvalue weighted by Gasteiger charge is 2.30. The topological polar surface area (TPSA) is 77.2 Å². The first-order chi connectivity index (χ1) is 9.90. The maximum absolute atomic E-state index is 12.6. The molecule has 0 aliphatic heterocycles. The van der Waals surface area contributed by atoms with Gasteiger partial charge in [0.2, 0.25) is 5.88 Å². The van der Waals surface area contributed by atoms with Crippen LogP contribution in [0.5, 0.6) is 11.6 Å². The van der Waals surface area contributed by atoms with Crippen molar-refractivity contribution in [2.24, 2.45) is 5.84 Å². The number of amides is 1. The van der Waals surface area contributed by atoms with Gasteiger partial charge in [-0.05, 0) is 24.3 Å². The van der Waals surface area contributed by atoms with E-state index in [1.54, 1.807) is 0 Å². The van der Waals surface area contributed by atoms with Gasteiger partial charge in [0.05, 0.1) is 11.1 Å². The van der Waals surface area contributed by atoms with Crippen LogP contribution in [0.15, 0.2) is 42.6 Å². The molecule has 1 heterocycles. The Balaban J connectivity index is 2.17. The summed E-state index contributed by atoms with van der Waals surface area (Å²) in [5, 5.41) is 0. The molecule has 3 N–H and O–H groups in total. The molecule has 0 bridgehead atoms. The first-order valence-corrected chi connectivity index (χ1v) is 5.72. The van der Waals surface area contributed by atoms with E-state index in [-0.39, 0.29) is 17.2 Å². The number of pyridine rings is 1. The number of nitrogens with one attached hydrogen (secondary N) is 1. The normalized spacial score (nSPS) is 11.0. The van der Waals surface area contributed by atoms with Crippen molar-refractivity contribution in [2.45, 2.75) is 6.18 Å². The summed E-state index contributed by atoms with van der Waals surface area (Å²) in [5.74, 6) is 4.48. The quantitative estimate of drug-likeness (QED) is 0.518. The predicted octanol–water partition coefficient (Wildman–Crippen LogP) is 2.50. The lowest BCUT2D eigenvalue weighted by Crippen LogP contribution is -2.29. The lowest BCUT2D eigenvalue weighted by molar-refractivity contribution is -0.137. The zero-order valence-electron chi connectivity index (χ0n) is 10.5. The van der Waals surface area contributed by atoms with Crippen LogP contribution in [0.25, 0.3) is 0 Å². The number of carbonyl (C=O) groups is 1. The van der Waals surface area contributed by atoms with Gasteiger partial charge in [0, 0.05) is 12.3 Å². The minimum Gasteiger partial charge on any atom is -0.439 e. The van der Waals surface area contributed by atoms with Crippen molar-refractivity contribution in [3.8, 4) is 11.6 Å². The van der Waals surface area contributed by atoms with E-state index in [0.717, 1.165) is 12.1 Å². The monoisotopic (exact) mass is 297 g/mol. The Bertz CT molecular complexity index is 642. The molecule has 2 rings (SSSR count). The molecule has 1 aromatic carbocycles. The molecule has 2 aromatic rings. The second kappa shape index (κ2) is 5.80. The van der Waals surface area contributed by atoms with Crippen LogP contribution in [-0.2, 0) is 6.18 Å². The van der Waals surface area contributed by atoms with E-state index >= 15 is 0 Å². The van der Waals surface area contributed by atoms with E-state index in [4.69, 9.17) is 10.6 Å². The molecule has 0 atom stereocenters. The molecular formula is C13H10F3N3O2. The van der Waals surface area contributed by atoms with Gasteiger partial charge in [-0.1, -0.05) is 6.07 Å². The Hall–Kier alpha value is -2.61. The van der Waals surface area contributed by atoms with Crippen LogP contribution < -0.4 is 16.0 Å². The average molecular weight is 297 g/mol. The highest BCUT2D eigenvalue weighted by Crippen LogP contribution is 2.32. The van der Waals surface area contributed by atoms with Gasteiger partial charge >= 0.3 is 6.18 Å². The summed E-state index contributed by atoms with van der Waals surface area (Å²) in [6, 6.07) is 7.14. The van der Waals surface area contributed by atoms with Crippen molar-refractivity contribution in [2.75, 3.05) is 0 Å². The molecule has 0 fully saturated rings. The summed E-state index contributed by atoms with van der Waals surface area (Å²) in [6.45, 7) is 0. The Morgan fingerprint density at radius 2 is 2.00 bits per heavy atom. The summed E-state index contributed by atoms with van der Waals surface area (Å²) < 4.78 is 42.9.